The molecule has 0 N–H and O–H groups in total. The zero-order valence-electron chi connectivity index (χ0n) is 11.2. The van der Waals surface area contributed by atoms with Crippen LogP contribution in [-0.4, -0.2) is 25.2 Å². The molecule has 0 aromatic rings. The summed E-state index contributed by atoms with van der Waals surface area (Å²) >= 11 is 0. The Morgan fingerprint density at radius 2 is 1.17 bits per heavy atom. The zero-order chi connectivity index (χ0) is 14.0. The van der Waals surface area contributed by atoms with E-state index in [2.05, 4.69) is 11.8 Å². The van der Waals surface area contributed by atoms with Crippen molar-refractivity contribution in [3.8, 4) is 11.8 Å². The number of hydrogen-bond donors (Lipinski definition) is 0. The first-order valence-corrected chi connectivity index (χ1v) is 5.51. The summed E-state index contributed by atoms with van der Waals surface area (Å²) in [6.07, 6.45) is 2.77. The van der Waals surface area contributed by atoms with Gasteiger partial charge in [-0.2, -0.15) is 0 Å². The van der Waals surface area contributed by atoms with E-state index in [0.29, 0.717) is 0 Å². The molecule has 0 rings (SSSR count). The predicted molar refractivity (Wildman–Crippen MR) is 68.6 cm³/mol. The first-order valence-electron chi connectivity index (χ1n) is 5.51. The molecular weight excluding hydrogens is 232 g/mol. The SMILES string of the molecule is CC(C)=CC(=O)OCC#CCOC(=O)C=C(C)C. The number of carbonyl (C=O) groups excluding carboxylic acids is 2. The van der Waals surface area contributed by atoms with Crippen LogP contribution in [0.5, 0.6) is 0 Å². The maximum Gasteiger partial charge on any atom is 0.331 e. The molecule has 0 saturated carbocycles. The Morgan fingerprint density at radius 1 is 0.833 bits per heavy atom. The summed E-state index contributed by atoms with van der Waals surface area (Å²) in [6, 6.07) is 0. The minimum Gasteiger partial charge on any atom is -0.449 e. The second-order valence-corrected chi connectivity index (χ2v) is 4.01. The average Bonchev–Trinajstić information content (AvgIpc) is 2.20. The average molecular weight is 250 g/mol. The van der Waals surface area contributed by atoms with Gasteiger partial charge in [-0.05, 0) is 27.7 Å². The number of esters is 2. The Kier molecular flexibility index (Phi) is 8.04. The summed E-state index contributed by atoms with van der Waals surface area (Å²) in [5.41, 5.74) is 1.73. The molecule has 0 saturated heterocycles. The fourth-order valence-corrected chi connectivity index (χ4v) is 0.871. The third kappa shape index (κ3) is 10.5. The second-order valence-electron chi connectivity index (χ2n) is 4.01. The molecule has 0 spiro atoms. The standard InChI is InChI=1S/C14H18O4/c1-11(2)9-13(15)17-7-5-6-8-18-14(16)10-12(3)4/h9-10H,7-8H2,1-4H3. The van der Waals surface area contributed by atoms with Gasteiger partial charge < -0.3 is 9.47 Å². The third-order valence-electron chi connectivity index (χ3n) is 1.51. The first-order chi connectivity index (χ1) is 8.41. The van der Waals surface area contributed by atoms with Crippen molar-refractivity contribution in [2.75, 3.05) is 13.2 Å². The highest BCUT2D eigenvalue weighted by molar-refractivity contribution is 5.83. The van der Waals surface area contributed by atoms with Crippen LogP contribution in [0.25, 0.3) is 0 Å². The molecule has 0 aliphatic rings. The van der Waals surface area contributed by atoms with Crippen molar-refractivity contribution in [2.24, 2.45) is 0 Å². The van der Waals surface area contributed by atoms with E-state index in [-0.39, 0.29) is 13.2 Å². The van der Waals surface area contributed by atoms with E-state index in [4.69, 9.17) is 9.47 Å². The normalized spacial score (nSPS) is 8.44. The minimum atomic E-state index is -0.425. The van der Waals surface area contributed by atoms with Gasteiger partial charge in [0.15, 0.2) is 13.2 Å². The van der Waals surface area contributed by atoms with E-state index < -0.39 is 11.9 Å². The van der Waals surface area contributed by atoms with Crippen LogP contribution < -0.4 is 0 Å². The Labute approximate surface area is 108 Å². The van der Waals surface area contributed by atoms with Crippen LogP contribution in [0, 0.1) is 11.8 Å². The van der Waals surface area contributed by atoms with Crippen molar-refractivity contribution >= 4 is 11.9 Å². The van der Waals surface area contributed by atoms with Gasteiger partial charge in [0, 0.05) is 12.2 Å². The van der Waals surface area contributed by atoms with Crippen molar-refractivity contribution in [3.05, 3.63) is 23.3 Å². The van der Waals surface area contributed by atoms with Gasteiger partial charge in [-0.1, -0.05) is 23.0 Å². The fourth-order valence-electron chi connectivity index (χ4n) is 0.871. The van der Waals surface area contributed by atoms with E-state index >= 15 is 0 Å². The van der Waals surface area contributed by atoms with Gasteiger partial charge in [0.25, 0.3) is 0 Å². The van der Waals surface area contributed by atoms with Gasteiger partial charge in [-0.25, -0.2) is 9.59 Å². The summed E-state index contributed by atoms with van der Waals surface area (Å²) in [6.45, 7) is 7.18. The van der Waals surface area contributed by atoms with Crippen LogP contribution in [0.3, 0.4) is 0 Å². The maximum absolute atomic E-state index is 11.1. The molecule has 0 aromatic heterocycles. The quantitative estimate of drug-likeness (QED) is 0.435. The molecule has 0 aliphatic carbocycles. The Bertz CT molecular complexity index is 373. The number of ether oxygens (including phenoxy) is 2. The van der Waals surface area contributed by atoms with Crippen LogP contribution in [-0.2, 0) is 19.1 Å². The Hall–Kier alpha value is -2.02. The fraction of sp³-hybridized carbons (Fsp3) is 0.429. The van der Waals surface area contributed by atoms with Crippen molar-refractivity contribution in [2.45, 2.75) is 27.7 Å². The Morgan fingerprint density at radius 3 is 1.44 bits per heavy atom. The molecule has 0 atom stereocenters. The molecule has 98 valence electrons. The van der Waals surface area contributed by atoms with E-state index in [1.54, 1.807) is 27.7 Å². The van der Waals surface area contributed by atoms with Crippen molar-refractivity contribution in [3.63, 3.8) is 0 Å². The van der Waals surface area contributed by atoms with E-state index in [1.165, 1.54) is 12.2 Å². The van der Waals surface area contributed by atoms with Gasteiger partial charge >= 0.3 is 11.9 Å². The molecule has 0 bridgehead atoms. The van der Waals surface area contributed by atoms with Gasteiger partial charge in [-0.15, -0.1) is 0 Å². The van der Waals surface area contributed by atoms with Gasteiger partial charge in [0.05, 0.1) is 0 Å². The monoisotopic (exact) mass is 250 g/mol. The number of rotatable bonds is 4. The molecular formula is C14H18O4. The molecule has 0 unspecified atom stereocenters. The molecule has 0 aliphatic heterocycles. The van der Waals surface area contributed by atoms with Crippen LogP contribution >= 0.6 is 0 Å². The van der Waals surface area contributed by atoms with E-state index in [1.807, 2.05) is 0 Å². The van der Waals surface area contributed by atoms with Gasteiger partial charge in [0.1, 0.15) is 0 Å². The van der Waals surface area contributed by atoms with E-state index in [0.717, 1.165) is 11.1 Å². The molecule has 0 radical (unpaired) electrons. The lowest BCUT2D eigenvalue weighted by atomic mass is 10.3. The summed E-state index contributed by atoms with van der Waals surface area (Å²) < 4.78 is 9.57. The lowest BCUT2D eigenvalue weighted by molar-refractivity contribution is -0.137. The summed E-state index contributed by atoms with van der Waals surface area (Å²) in [5.74, 6) is 4.31. The third-order valence-corrected chi connectivity index (χ3v) is 1.51. The molecule has 18 heavy (non-hydrogen) atoms. The lowest BCUT2D eigenvalue weighted by Gasteiger charge is -1.96. The summed E-state index contributed by atoms with van der Waals surface area (Å²) in [4.78, 5) is 22.1. The summed E-state index contributed by atoms with van der Waals surface area (Å²) in [5, 5.41) is 0. The topological polar surface area (TPSA) is 52.6 Å². The van der Waals surface area contributed by atoms with Gasteiger partial charge in [-0.3, -0.25) is 0 Å². The van der Waals surface area contributed by atoms with Crippen molar-refractivity contribution < 1.29 is 19.1 Å². The van der Waals surface area contributed by atoms with Crippen LogP contribution in [0.4, 0.5) is 0 Å². The lowest BCUT2D eigenvalue weighted by Crippen LogP contribution is -2.03. The Balaban J connectivity index is 3.81. The number of hydrogen-bond acceptors (Lipinski definition) is 4. The van der Waals surface area contributed by atoms with Crippen LogP contribution in [0.15, 0.2) is 23.3 Å². The highest BCUT2D eigenvalue weighted by atomic mass is 16.5. The molecule has 0 fully saturated rings. The van der Waals surface area contributed by atoms with Crippen molar-refractivity contribution in [1.29, 1.82) is 0 Å². The van der Waals surface area contributed by atoms with Gasteiger partial charge in [0.2, 0.25) is 0 Å². The number of allylic oxidation sites excluding steroid dienone is 2. The molecule has 0 amide bonds. The maximum atomic E-state index is 11.1. The minimum absolute atomic E-state index is 0.0111. The van der Waals surface area contributed by atoms with Crippen LogP contribution in [0.1, 0.15) is 27.7 Å². The van der Waals surface area contributed by atoms with Crippen LogP contribution in [0.2, 0.25) is 0 Å². The molecule has 0 aromatic carbocycles. The molecule has 4 heteroatoms. The highest BCUT2D eigenvalue weighted by Gasteiger charge is 1.95. The summed E-state index contributed by atoms with van der Waals surface area (Å²) in [7, 11) is 0. The predicted octanol–water partition coefficient (Wildman–Crippen LogP) is 2.01. The van der Waals surface area contributed by atoms with E-state index in [9.17, 15) is 9.59 Å². The first kappa shape index (κ1) is 16.0. The molecule has 0 heterocycles. The number of carbonyl (C=O) groups is 2. The largest absolute Gasteiger partial charge is 0.449 e. The highest BCUT2D eigenvalue weighted by Crippen LogP contribution is 1.91. The second kappa shape index (κ2) is 9.06. The zero-order valence-corrected chi connectivity index (χ0v) is 11.2. The molecule has 4 nitrogen and oxygen atoms in total. The smallest absolute Gasteiger partial charge is 0.331 e. The van der Waals surface area contributed by atoms with Crippen molar-refractivity contribution in [1.82, 2.24) is 0 Å².